The summed E-state index contributed by atoms with van der Waals surface area (Å²) >= 11 is 0. The fourth-order valence-electron chi connectivity index (χ4n) is 3.13. The highest BCUT2D eigenvalue weighted by atomic mass is 16.1. The molecule has 1 unspecified atom stereocenters. The van der Waals surface area contributed by atoms with Crippen LogP contribution < -0.4 is 5.32 Å². The second kappa shape index (κ2) is 8.22. The quantitative estimate of drug-likeness (QED) is 0.521. The topological polar surface area (TPSA) is 29.1 Å². The van der Waals surface area contributed by atoms with Crippen LogP contribution >= 0.6 is 0 Å². The minimum Gasteiger partial charge on any atom is -0.378 e. The highest BCUT2D eigenvalue weighted by molar-refractivity contribution is 5.96. The minimum atomic E-state index is -0.0680. The van der Waals surface area contributed by atoms with Gasteiger partial charge in [-0.15, -0.1) is 0 Å². The van der Waals surface area contributed by atoms with E-state index in [1.54, 1.807) is 0 Å². The number of carbonyl (C=O) groups is 1. The van der Waals surface area contributed by atoms with Crippen molar-refractivity contribution in [2.45, 2.75) is 40.2 Å². The van der Waals surface area contributed by atoms with E-state index in [2.05, 4.69) is 68.6 Å². The fourth-order valence-corrected chi connectivity index (χ4v) is 3.13. The van der Waals surface area contributed by atoms with Crippen molar-refractivity contribution >= 4 is 11.5 Å². The molecule has 0 heterocycles. The standard InChI is InChI=1S/C25H27NO/c1-17-5-10-21(11-6-17)24(26-23-14-9-19(3)20(4)15-23)16-25(27)22-12-7-18(2)8-13-22/h5-15,24,26H,16H2,1-4H3. The number of nitrogens with one attached hydrogen (secondary N) is 1. The van der Waals surface area contributed by atoms with Crippen LogP contribution in [0.25, 0.3) is 0 Å². The van der Waals surface area contributed by atoms with E-state index in [1.165, 1.54) is 16.7 Å². The van der Waals surface area contributed by atoms with E-state index in [0.29, 0.717) is 6.42 Å². The van der Waals surface area contributed by atoms with Gasteiger partial charge in [0.05, 0.1) is 6.04 Å². The van der Waals surface area contributed by atoms with Gasteiger partial charge in [-0.2, -0.15) is 0 Å². The van der Waals surface area contributed by atoms with Crippen LogP contribution in [0, 0.1) is 27.7 Å². The summed E-state index contributed by atoms with van der Waals surface area (Å²) in [6.07, 6.45) is 0.416. The van der Waals surface area contributed by atoms with E-state index in [-0.39, 0.29) is 11.8 Å². The molecule has 0 aliphatic carbocycles. The SMILES string of the molecule is Cc1ccc(C(=O)CC(Nc2ccc(C)c(C)c2)c2ccc(C)cc2)cc1. The smallest absolute Gasteiger partial charge is 0.165 e. The maximum atomic E-state index is 12.9. The summed E-state index contributed by atoms with van der Waals surface area (Å²) in [4.78, 5) is 12.9. The molecular weight excluding hydrogens is 330 g/mol. The third-order valence-electron chi connectivity index (χ3n) is 5.09. The number of rotatable bonds is 6. The molecule has 0 spiro atoms. The predicted molar refractivity (Wildman–Crippen MR) is 114 cm³/mol. The Morgan fingerprint density at radius 2 is 1.37 bits per heavy atom. The van der Waals surface area contributed by atoms with E-state index in [4.69, 9.17) is 0 Å². The number of hydrogen-bond acceptors (Lipinski definition) is 2. The Morgan fingerprint density at radius 1 is 0.778 bits per heavy atom. The third kappa shape index (κ3) is 4.85. The minimum absolute atomic E-state index is 0.0680. The lowest BCUT2D eigenvalue weighted by molar-refractivity contribution is 0.0976. The van der Waals surface area contributed by atoms with E-state index >= 15 is 0 Å². The summed E-state index contributed by atoms with van der Waals surface area (Å²) in [6, 6.07) is 22.5. The zero-order valence-electron chi connectivity index (χ0n) is 16.5. The van der Waals surface area contributed by atoms with Crippen LogP contribution in [0.4, 0.5) is 5.69 Å². The lowest BCUT2D eigenvalue weighted by Crippen LogP contribution is -2.16. The van der Waals surface area contributed by atoms with Crippen LogP contribution in [0.1, 0.15) is 50.6 Å². The van der Waals surface area contributed by atoms with E-state index in [0.717, 1.165) is 22.4 Å². The van der Waals surface area contributed by atoms with Crippen molar-refractivity contribution < 1.29 is 4.79 Å². The molecule has 0 bridgehead atoms. The normalized spacial score (nSPS) is 11.9. The molecule has 27 heavy (non-hydrogen) atoms. The number of carbonyl (C=O) groups excluding carboxylic acids is 1. The Bertz CT molecular complexity index is 924. The summed E-state index contributed by atoms with van der Waals surface area (Å²) in [6.45, 7) is 8.33. The van der Waals surface area contributed by atoms with Crippen molar-refractivity contribution in [2.75, 3.05) is 5.32 Å². The molecule has 2 nitrogen and oxygen atoms in total. The van der Waals surface area contributed by atoms with E-state index in [1.807, 2.05) is 31.2 Å². The van der Waals surface area contributed by atoms with Crippen molar-refractivity contribution in [3.63, 3.8) is 0 Å². The molecule has 1 N–H and O–H groups in total. The largest absolute Gasteiger partial charge is 0.378 e. The molecule has 0 aliphatic rings. The van der Waals surface area contributed by atoms with E-state index < -0.39 is 0 Å². The van der Waals surface area contributed by atoms with Gasteiger partial charge in [0.1, 0.15) is 0 Å². The number of benzene rings is 3. The van der Waals surface area contributed by atoms with Crippen LogP contribution in [-0.4, -0.2) is 5.78 Å². The Labute approximate surface area is 162 Å². The lowest BCUT2D eigenvalue weighted by Gasteiger charge is -2.21. The Morgan fingerprint density at radius 3 is 1.96 bits per heavy atom. The van der Waals surface area contributed by atoms with Crippen LogP contribution in [0.5, 0.6) is 0 Å². The molecule has 0 saturated carbocycles. The van der Waals surface area contributed by atoms with Crippen LogP contribution in [0.2, 0.25) is 0 Å². The average molecular weight is 357 g/mol. The summed E-state index contributed by atoms with van der Waals surface area (Å²) < 4.78 is 0. The number of Topliss-reactive ketones (excluding diaryl/α,β-unsaturated/α-hetero) is 1. The first-order valence-corrected chi connectivity index (χ1v) is 9.42. The molecule has 138 valence electrons. The summed E-state index contributed by atoms with van der Waals surface area (Å²) in [5.41, 5.74) is 7.82. The monoisotopic (exact) mass is 357 g/mol. The Balaban J connectivity index is 1.86. The highest BCUT2D eigenvalue weighted by Gasteiger charge is 2.17. The van der Waals surface area contributed by atoms with Gasteiger partial charge in [0.2, 0.25) is 0 Å². The van der Waals surface area contributed by atoms with Crippen molar-refractivity contribution in [1.29, 1.82) is 0 Å². The molecule has 3 aromatic carbocycles. The van der Waals surface area contributed by atoms with Gasteiger partial charge in [0, 0.05) is 17.7 Å². The summed E-state index contributed by atoms with van der Waals surface area (Å²) in [5, 5.41) is 3.57. The molecule has 0 radical (unpaired) electrons. The van der Waals surface area contributed by atoms with E-state index in [9.17, 15) is 4.79 Å². The Hall–Kier alpha value is -2.87. The molecule has 0 saturated heterocycles. The zero-order chi connectivity index (χ0) is 19.4. The van der Waals surface area contributed by atoms with Crippen molar-refractivity contribution in [2.24, 2.45) is 0 Å². The number of aryl methyl sites for hydroxylation is 4. The first-order chi connectivity index (χ1) is 12.9. The third-order valence-corrected chi connectivity index (χ3v) is 5.09. The summed E-state index contributed by atoms with van der Waals surface area (Å²) in [5.74, 6) is 0.150. The molecule has 0 amide bonds. The first-order valence-electron chi connectivity index (χ1n) is 9.42. The molecule has 0 fully saturated rings. The number of hydrogen-bond donors (Lipinski definition) is 1. The average Bonchev–Trinajstić information content (AvgIpc) is 2.65. The maximum Gasteiger partial charge on any atom is 0.165 e. The fraction of sp³-hybridized carbons (Fsp3) is 0.240. The van der Waals surface area contributed by atoms with Gasteiger partial charge in [-0.1, -0.05) is 65.7 Å². The van der Waals surface area contributed by atoms with Crippen molar-refractivity contribution in [3.8, 4) is 0 Å². The van der Waals surface area contributed by atoms with Crippen LogP contribution in [-0.2, 0) is 0 Å². The Kier molecular flexibility index (Phi) is 5.75. The molecule has 0 aliphatic heterocycles. The van der Waals surface area contributed by atoms with Gasteiger partial charge in [-0.05, 0) is 56.5 Å². The van der Waals surface area contributed by atoms with Crippen LogP contribution in [0.3, 0.4) is 0 Å². The first kappa shape index (κ1) is 18.9. The van der Waals surface area contributed by atoms with Gasteiger partial charge in [-0.25, -0.2) is 0 Å². The van der Waals surface area contributed by atoms with Crippen molar-refractivity contribution in [3.05, 3.63) is 100 Å². The van der Waals surface area contributed by atoms with Gasteiger partial charge in [0.15, 0.2) is 5.78 Å². The molecular formula is C25H27NO. The molecule has 3 rings (SSSR count). The number of anilines is 1. The highest BCUT2D eigenvalue weighted by Crippen LogP contribution is 2.26. The maximum absolute atomic E-state index is 12.9. The summed E-state index contributed by atoms with van der Waals surface area (Å²) in [7, 11) is 0. The van der Waals surface area contributed by atoms with Gasteiger partial charge >= 0.3 is 0 Å². The van der Waals surface area contributed by atoms with Crippen molar-refractivity contribution in [1.82, 2.24) is 0 Å². The molecule has 1 atom stereocenters. The number of ketones is 1. The second-order valence-corrected chi connectivity index (χ2v) is 7.40. The second-order valence-electron chi connectivity index (χ2n) is 7.40. The molecule has 0 aromatic heterocycles. The lowest BCUT2D eigenvalue weighted by atomic mass is 9.96. The zero-order valence-corrected chi connectivity index (χ0v) is 16.5. The van der Waals surface area contributed by atoms with Crippen LogP contribution in [0.15, 0.2) is 66.7 Å². The molecule has 3 aromatic rings. The van der Waals surface area contributed by atoms with Gasteiger partial charge in [-0.3, -0.25) is 4.79 Å². The van der Waals surface area contributed by atoms with Gasteiger partial charge < -0.3 is 5.32 Å². The predicted octanol–water partition coefficient (Wildman–Crippen LogP) is 6.35. The molecule has 2 heteroatoms. The van der Waals surface area contributed by atoms with Gasteiger partial charge in [0.25, 0.3) is 0 Å².